The molecule has 0 aromatic rings. The first-order chi connectivity index (χ1) is 5.68. The fourth-order valence-corrected chi connectivity index (χ4v) is 2.70. The Morgan fingerprint density at radius 1 is 1.42 bits per heavy atom. The van der Waals surface area contributed by atoms with Gasteiger partial charge in [-0.3, -0.25) is 0 Å². The number of ether oxygens (including phenoxy) is 1. The Labute approximate surface area is 73.7 Å². The van der Waals surface area contributed by atoms with Crippen LogP contribution in [0.15, 0.2) is 0 Å². The van der Waals surface area contributed by atoms with Crippen molar-refractivity contribution in [2.24, 2.45) is 11.1 Å². The van der Waals surface area contributed by atoms with Crippen LogP contribution in [0.3, 0.4) is 0 Å². The lowest BCUT2D eigenvalue weighted by Gasteiger charge is -2.68. The summed E-state index contributed by atoms with van der Waals surface area (Å²) in [6.45, 7) is 2.70. The quantitative estimate of drug-likeness (QED) is 0.575. The maximum Gasteiger partial charge on any atom is 0.0591 e. The maximum absolute atomic E-state index is 5.94. The summed E-state index contributed by atoms with van der Waals surface area (Å²) in [6, 6.07) is 0. The van der Waals surface area contributed by atoms with E-state index in [1.54, 1.807) is 0 Å². The number of rotatable bonds is 5. The summed E-state index contributed by atoms with van der Waals surface area (Å²) >= 11 is 0. The highest BCUT2D eigenvalue weighted by Gasteiger charge is 2.65. The van der Waals surface area contributed by atoms with Crippen molar-refractivity contribution >= 4 is 0 Å². The Morgan fingerprint density at radius 2 is 2.08 bits per heavy atom. The van der Waals surface area contributed by atoms with Gasteiger partial charge in [0.25, 0.3) is 0 Å². The highest BCUT2D eigenvalue weighted by molar-refractivity contribution is 5.21. The zero-order valence-electron chi connectivity index (χ0n) is 7.73. The molecule has 0 unspecified atom stereocenters. The van der Waals surface area contributed by atoms with Gasteiger partial charge in [-0.15, -0.1) is 0 Å². The van der Waals surface area contributed by atoms with Crippen LogP contribution in [0.2, 0.25) is 0 Å². The summed E-state index contributed by atoms with van der Waals surface area (Å²) in [4.78, 5) is 0. The number of nitrogens with one attached hydrogen (secondary N) is 1. The molecule has 0 amide bonds. The smallest absolute Gasteiger partial charge is 0.0591 e. The Morgan fingerprint density at radius 3 is 2.58 bits per heavy atom. The average molecular weight is 170 g/mol. The van der Waals surface area contributed by atoms with Crippen LogP contribution in [0.1, 0.15) is 19.3 Å². The van der Waals surface area contributed by atoms with Gasteiger partial charge >= 0.3 is 0 Å². The molecule has 3 rings (SSSR count). The van der Waals surface area contributed by atoms with E-state index in [0.29, 0.717) is 5.41 Å². The second-order valence-corrected chi connectivity index (χ2v) is 4.55. The van der Waals surface area contributed by atoms with Crippen LogP contribution in [0.25, 0.3) is 0 Å². The number of hydrogen-bond donors (Lipinski definition) is 2. The third-order valence-corrected chi connectivity index (χ3v) is 3.09. The maximum atomic E-state index is 5.94. The number of hydrogen-bond acceptors (Lipinski definition) is 3. The van der Waals surface area contributed by atoms with Crippen molar-refractivity contribution in [1.29, 1.82) is 0 Å². The third kappa shape index (κ3) is 1.26. The molecule has 3 heteroatoms. The summed E-state index contributed by atoms with van der Waals surface area (Å²) in [5.74, 6) is 0. The summed E-state index contributed by atoms with van der Waals surface area (Å²) in [5, 5.41) is 3.06. The van der Waals surface area contributed by atoms with Gasteiger partial charge in [0.2, 0.25) is 0 Å². The van der Waals surface area contributed by atoms with Crippen LogP contribution in [0.4, 0.5) is 0 Å². The van der Waals surface area contributed by atoms with E-state index in [4.69, 9.17) is 10.5 Å². The van der Waals surface area contributed by atoms with E-state index in [2.05, 4.69) is 5.32 Å². The van der Waals surface area contributed by atoms with E-state index in [1.165, 1.54) is 19.3 Å². The largest absolute Gasteiger partial charge is 0.380 e. The first kappa shape index (κ1) is 8.48. The molecule has 3 saturated carbocycles. The summed E-state index contributed by atoms with van der Waals surface area (Å²) in [6.07, 6.45) is 3.58. The number of likely N-dealkylation sites (N-methyl/N-ethyl adjacent to an activating group) is 1. The molecule has 3 aliphatic carbocycles. The van der Waals surface area contributed by atoms with E-state index in [0.717, 1.165) is 19.8 Å². The molecule has 3 nitrogen and oxygen atoms in total. The fraction of sp³-hybridized carbons (Fsp3) is 1.00. The van der Waals surface area contributed by atoms with E-state index in [9.17, 15) is 0 Å². The lowest BCUT2D eigenvalue weighted by molar-refractivity contribution is -0.171. The molecule has 0 aliphatic heterocycles. The molecular formula is C9H18N2O. The molecular weight excluding hydrogens is 152 g/mol. The molecule has 3 fully saturated rings. The van der Waals surface area contributed by atoms with Gasteiger partial charge in [0, 0.05) is 12.1 Å². The van der Waals surface area contributed by atoms with Crippen molar-refractivity contribution in [3.05, 3.63) is 0 Å². The molecule has 3 aliphatic rings. The summed E-state index contributed by atoms with van der Waals surface area (Å²) in [7, 11) is 1.94. The average Bonchev–Trinajstić information content (AvgIpc) is 1.92. The van der Waals surface area contributed by atoms with Gasteiger partial charge < -0.3 is 15.8 Å². The standard InChI is InChI=1S/C9H18N2O/c1-11-2-3-12-7-8-4-9(10,5-8)6-8/h11H,2-7,10H2,1H3. The molecule has 0 saturated heterocycles. The third-order valence-electron chi connectivity index (χ3n) is 3.09. The lowest BCUT2D eigenvalue weighted by Crippen LogP contribution is -2.73. The first-order valence-electron chi connectivity index (χ1n) is 4.69. The molecule has 12 heavy (non-hydrogen) atoms. The first-order valence-corrected chi connectivity index (χ1v) is 4.69. The van der Waals surface area contributed by atoms with Crippen molar-refractivity contribution in [3.63, 3.8) is 0 Å². The molecule has 0 atom stereocenters. The van der Waals surface area contributed by atoms with Gasteiger partial charge in [0.15, 0.2) is 0 Å². The Kier molecular flexibility index (Phi) is 1.90. The van der Waals surface area contributed by atoms with E-state index in [1.807, 2.05) is 7.05 Å². The predicted octanol–water partition coefficient (Wildman–Crippen LogP) is 0.104. The topological polar surface area (TPSA) is 47.3 Å². The molecule has 0 aromatic carbocycles. The monoisotopic (exact) mass is 170 g/mol. The van der Waals surface area contributed by atoms with E-state index in [-0.39, 0.29) is 5.54 Å². The van der Waals surface area contributed by atoms with E-state index < -0.39 is 0 Å². The summed E-state index contributed by atoms with van der Waals surface area (Å²) < 4.78 is 5.55. The molecule has 70 valence electrons. The van der Waals surface area contributed by atoms with Gasteiger partial charge in [0.1, 0.15) is 0 Å². The van der Waals surface area contributed by atoms with Crippen LogP contribution in [-0.4, -0.2) is 32.3 Å². The van der Waals surface area contributed by atoms with Gasteiger partial charge in [0.05, 0.1) is 13.2 Å². The lowest BCUT2D eigenvalue weighted by atomic mass is 9.40. The van der Waals surface area contributed by atoms with Gasteiger partial charge in [-0.05, 0) is 31.7 Å². The molecule has 3 N–H and O–H groups in total. The Hall–Kier alpha value is -0.120. The van der Waals surface area contributed by atoms with Crippen molar-refractivity contribution in [2.45, 2.75) is 24.8 Å². The van der Waals surface area contributed by atoms with Crippen molar-refractivity contribution in [3.8, 4) is 0 Å². The Bertz CT molecular complexity index is 162. The van der Waals surface area contributed by atoms with Crippen LogP contribution in [0.5, 0.6) is 0 Å². The van der Waals surface area contributed by atoms with Gasteiger partial charge in [-0.25, -0.2) is 0 Å². The normalized spacial score (nSPS) is 43.5. The van der Waals surface area contributed by atoms with Crippen molar-refractivity contribution in [2.75, 3.05) is 26.8 Å². The minimum absolute atomic E-state index is 0.229. The zero-order valence-corrected chi connectivity index (χ0v) is 7.73. The molecule has 0 aromatic heterocycles. The summed E-state index contributed by atoms with van der Waals surface area (Å²) in [5.41, 5.74) is 6.67. The SMILES string of the molecule is CNCCOCC12CC(N)(C1)C2. The molecule has 0 heterocycles. The minimum atomic E-state index is 0.229. The fourth-order valence-electron chi connectivity index (χ4n) is 2.70. The number of nitrogens with two attached hydrogens (primary N) is 1. The minimum Gasteiger partial charge on any atom is -0.380 e. The van der Waals surface area contributed by atoms with Gasteiger partial charge in [-0.2, -0.15) is 0 Å². The Balaban J connectivity index is 1.58. The van der Waals surface area contributed by atoms with Crippen LogP contribution < -0.4 is 11.1 Å². The van der Waals surface area contributed by atoms with Crippen molar-refractivity contribution in [1.82, 2.24) is 5.32 Å². The highest BCUT2D eigenvalue weighted by Crippen LogP contribution is 2.65. The highest BCUT2D eigenvalue weighted by atomic mass is 16.5. The van der Waals surface area contributed by atoms with Crippen LogP contribution in [0, 0.1) is 5.41 Å². The molecule has 0 spiro atoms. The molecule has 2 bridgehead atoms. The van der Waals surface area contributed by atoms with Gasteiger partial charge in [-0.1, -0.05) is 0 Å². The van der Waals surface area contributed by atoms with Crippen LogP contribution in [-0.2, 0) is 4.74 Å². The van der Waals surface area contributed by atoms with Crippen molar-refractivity contribution < 1.29 is 4.74 Å². The van der Waals surface area contributed by atoms with E-state index >= 15 is 0 Å². The van der Waals surface area contributed by atoms with Crippen LogP contribution >= 0.6 is 0 Å². The predicted molar refractivity (Wildman–Crippen MR) is 47.9 cm³/mol. The second-order valence-electron chi connectivity index (χ2n) is 4.55. The molecule has 0 radical (unpaired) electrons. The zero-order chi connectivity index (χ0) is 8.66. The second kappa shape index (κ2) is 2.69.